The van der Waals surface area contributed by atoms with Gasteiger partial charge in [0.1, 0.15) is 5.76 Å². The maximum absolute atomic E-state index is 13.6. The van der Waals surface area contributed by atoms with Gasteiger partial charge in [-0.25, -0.2) is 4.98 Å². The summed E-state index contributed by atoms with van der Waals surface area (Å²) in [5.74, 6) is -0.372. The summed E-state index contributed by atoms with van der Waals surface area (Å²) in [4.78, 5) is 33.2. The standard InChI is InChI=1S/C28H26N2O6S/c1-5-16-8-10-18-22(13-16)37-28(29-18)30-24(17-9-12-19(35-6-2)21(14-17)34-4)23(26(32)27(30)33)25(31)20-11-7-15(3)36-20/h7-14,24,32H,5-6H2,1-4H3. The molecule has 3 heterocycles. The lowest BCUT2D eigenvalue weighted by molar-refractivity contribution is -0.117. The number of carbonyl (C=O) groups excluding carboxylic acids is 2. The molecule has 1 aliphatic heterocycles. The first-order valence-electron chi connectivity index (χ1n) is 11.9. The molecule has 190 valence electrons. The number of hydrogen-bond acceptors (Lipinski definition) is 8. The van der Waals surface area contributed by atoms with Gasteiger partial charge in [0, 0.05) is 0 Å². The number of furan rings is 1. The zero-order chi connectivity index (χ0) is 26.3. The molecule has 4 aromatic rings. The van der Waals surface area contributed by atoms with Gasteiger partial charge in [0.15, 0.2) is 28.1 Å². The summed E-state index contributed by atoms with van der Waals surface area (Å²) in [6, 6.07) is 13.4. The SMILES string of the molecule is CCOc1ccc(C2C(C(=O)c3ccc(C)o3)=C(O)C(=O)N2c2nc3ccc(CC)cc3s2)cc1OC. The fourth-order valence-corrected chi connectivity index (χ4v) is 5.50. The molecule has 8 nitrogen and oxygen atoms in total. The Morgan fingerprint density at radius 1 is 1.14 bits per heavy atom. The van der Waals surface area contributed by atoms with Crippen molar-refractivity contribution in [1.29, 1.82) is 0 Å². The van der Waals surface area contributed by atoms with E-state index in [-0.39, 0.29) is 11.3 Å². The van der Waals surface area contributed by atoms with Crippen molar-refractivity contribution in [3.63, 3.8) is 0 Å². The minimum Gasteiger partial charge on any atom is -0.503 e. The molecule has 9 heteroatoms. The lowest BCUT2D eigenvalue weighted by Crippen LogP contribution is -2.31. The zero-order valence-corrected chi connectivity index (χ0v) is 21.7. The summed E-state index contributed by atoms with van der Waals surface area (Å²) in [5, 5.41) is 11.4. The minimum absolute atomic E-state index is 0.0356. The fraction of sp³-hybridized carbons (Fsp3) is 0.250. The molecule has 1 aliphatic rings. The van der Waals surface area contributed by atoms with E-state index in [2.05, 4.69) is 11.9 Å². The van der Waals surface area contributed by atoms with E-state index >= 15 is 0 Å². The Morgan fingerprint density at radius 2 is 1.95 bits per heavy atom. The number of nitrogens with zero attached hydrogens (tertiary/aromatic N) is 2. The first kappa shape index (κ1) is 24.6. The number of carbonyl (C=O) groups is 2. The summed E-state index contributed by atoms with van der Waals surface area (Å²) in [6.45, 7) is 6.10. The van der Waals surface area contributed by atoms with Crippen LogP contribution in [0, 0.1) is 6.92 Å². The van der Waals surface area contributed by atoms with Crippen LogP contribution in [0.15, 0.2) is 64.3 Å². The Morgan fingerprint density at radius 3 is 2.62 bits per heavy atom. The van der Waals surface area contributed by atoms with E-state index in [9.17, 15) is 14.7 Å². The summed E-state index contributed by atoms with van der Waals surface area (Å²) >= 11 is 1.33. The van der Waals surface area contributed by atoms with Crippen molar-refractivity contribution in [3.8, 4) is 11.5 Å². The smallest absolute Gasteiger partial charge is 0.296 e. The molecule has 1 amide bonds. The van der Waals surface area contributed by atoms with Gasteiger partial charge in [-0.1, -0.05) is 30.4 Å². The largest absolute Gasteiger partial charge is 0.503 e. The van der Waals surface area contributed by atoms with E-state index < -0.39 is 23.5 Å². The number of aliphatic hydroxyl groups is 1. The topological polar surface area (TPSA) is 102 Å². The molecular formula is C28H26N2O6S. The molecule has 0 bridgehead atoms. The van der Waals surface area contributed by atoms with E-state index in [0.717, 1.165) is 22.2 Å². The van der Waals surface area contributed by atoms with Crippen LogP contribution in [0.25, 0.3) is 10.2 Å². The van der Waals surface area contributed by atoms with Crippen LogP contribution in [-0.4, -0.2) is 35.5 Å². The number of fused-ring (bicyclic) bond motifs is 1. The number of aryl methyl sites for hydroxylation is 2. The van der Waals surface area contributed by atoms with Gasteiger partial charge in [-0.2, -0.15) is 0 Å². The Hall–Kier alpha value is -4.11. The number of aliphatic hydroxyl groups excluding tert-OH is 1. The van der Waals surface area contributed by atoms with Crippen LogP contribution >= 0.6 is 11.3 Å². The number of hydrogen-bond donors (Lipinski definition) is 1. The van der Waals surface area contributed by atoms with Gasteiger partial charge < -0.3 is 19.0 Å². The lowest BCUT2D eigenvalue weighted by atomic mass is 9.95. The Labute approximate surface area is 217 Å². The molecule has 1 atom stereocenters. The van der Waals surface area contributed by atoms with Crippen molar-refractivity contribution < 1.29 is 28.6 Å². The molecule has 1 N–H and O–H groups in total. The summed E-state index contributed by atoms with van der Waals surface area (Å²) < 4.78 is 17.6. The van der Waals surface area contributed by atoms with E-state index in [4.69, 9.17) is 13.9 Å². The van der Waals surface area contributed by atoms with Crippen molar-refractivity contribution in [1.82, 2.24) is 4.98 Å². The highest BCUT2D eigenvalue weighted by atomic mass is 32.1. The second kappa shape index (κ2) is 9.74. The van der Waals surface area contributed by atoms with Gasteiger partial charge in [0.2, 0.25) is 5.78 Å². The Balaban J connectivity index is 1.68. The van der Waals surface area contributed by atoms with Crippen molar-refractivity contribution in [3.05, 3.63) is 82.5 Å². The normalized spacial score (nSPS) is 15.6. The molecule has 37 heavy (non-hydrogen) atoms. The van der Waals surface area contributed by atoms with E-state index in [1.54, 1.807) is 31.2 Å². The van der Waals surface area contributed by atoms with E-state index in [0.29, 0.717) is 34.6 Å². The number of amides is 1. The second-order valence-electron chi connectivity index (χ2n) is 8.57. The van der Waals surface area contributed by atoms with E-state index in [1.165, 1.54) is 29.4 Å². The molecule has 0 spiro atoms. The lowest BCUT2D eigenvalue weighted by Gasteiger charge is -2.25. The summed E-state index contributed by atoms with van der Waals surface area (Å²) in [5.41, 5.74) is 2.35. The average Bonchev–Trinajstić information content (AvgIpc) is 3.59. The quantitative estimate of drug-likeness (QED) is 0.288. The highest BCUT2D eigenvalue weighted by Gasteiger charge is 2.46. The Kier molecular flexibility index (Phi) is 6.47. The van der Waals surface area contributed by atoms with Crippen molar-refractivity contribution in [2.75, 3.05) is 18.6 Å². The van der Waals surface area contributed by atoms with Gasteiger partial charge >= 0.3 is 0 Å². The summed E-state index contributed by atoms with van der Waals surface area (Å²) in [6.07, 6.45) is 0.865. The molecule has 1 unspecified atom stereocenters. The second-order valence-corrected chi connectivity index (χ2v) is 9.58. The number of rotatable bonds is 8. The molecule has 2 aromatic carbocycles. The van der Waals surface area contributed by atoms with Gasteiger partial charge in [-0.3, -0.25) is 14.5 Å². The van der Waals surface area contributed by atoms with Gasteiger partial charge in [-0.05, 0) is 67.8 Å². The third-order valence-corrected chi connectivity index (χ3v) is 7.29. The molecule has 0 aliphatic carbocycles. The van der Waals surface area contributed by atoms with Crippen molar-refractivity contribution >= 4 is 38.4 Å². The number of benzene rings is 2. The Bertz CT molecular complexity index is 1550. The maximum Gasteiger partial charge on any atom is 0.296 e. The minimum atomic E-state index is -0.957. The first-order valence-corrected chi connectivity index (χ1v) is 12.8. The highest BCUT2D eigenvalue weighted by Crippen LogP contribution is 2.46. The number of anilines is 1. The zero-order valence-electron chi connectivity index (χ0n) is 20.9. The fourth-order valence-electron chi connectivity index (χ4n) is 4.45. The molecule has 0 saturated heterocycles. The monoisotopic (exact) mass is 518 g/mol. The maximum atomic E-state index is 13.6. The number of thiazole rings is 1. The number of ketones is 1. The summed E-state index contributed by atoms with van der Waals surface area (Å²) in [7, 11) is 1.52. The first-order chi connectivity index (χ1) is 17.9. The van der Waals surface area contributed by atoms with Crippen LogP contribution in [0.3, 0.4) is 0 Å². The highest BCUT2D eigenvalue weighted by molar-refractivity contribution is 7.22. The van der Waals surface area contributed by atoms with Gasteiger partial charge in [0.25, 0.3) is 5.91 Å². The molecule has 0 saturated carbocycles. The number of ether oxygens (including phenoxy) is 2. The van der Waals surface area contributed by atoms with Crippen LogP contribution < -0.4 is 14.4 Å². The molecule has 5 rings (SSSR count). The van der Waals surface area contributed by atoms with Gasteiger partial charge in [-0.15, -0.1) is 0 Å². The molecule has 2 aromatic heterocycles. The van der Waals surface area contributed by atoms with E-state index in [1.807, 2.05) is 25.1 Å². The van der Waals surface area contributed by atoms with Crippen molar-refractivity contribution in [2.24, 2.45) is 0 Å². The van der Waals surface area contributed by atoms with Gasteiger partial charge in [0.05, 0.1) is 35.5 Å². The number of methoxy groups -OCH3 is 1. The van der Waals surface area contributed by atoms with Crippen LogP contribution in [0.1, 0.15) is 47.3 Å². The molecule has 0 radical (unpaired) electrons. The molecular weight excluding hydrogens is 492 g/mol. The predicted octanol–water partition coefficient (Wildman–Crippen LogP) is 5.95. The number of aromatic nitrogens is 1. The molecule has 0 fully saturated rings. The van der Waals surface area contributed by atoms with Crippen LogP contribution in [-0.2, 0) is 11.2 Å². The van der Waals surface area contributed by atoms with Crippen LogP contribution in [0.4, 0.5) is 5.13 Å². The third-order valence-electron chi connectivity index (χ3n) is 6.28. The van der Waals surface area contributed by atoms with Crippen molar-refractivity contribution in [2.45, 2.75) is 33.2 Å². The number of Topliss-reactive ketones (excluding diaryl/α,β-unsaturated/α-hetero) is 1. The van der Waals surface area contributed by atoms with Crippen LogP contribution in [0.2, 0.25) is 0 Å². The van der Waals surface area contributed by atoms with Crippen LogP contribution in [0.5, 0.6) is 11.5 Å². The average molecular weight is 519 g/mol. The predicted molar refractivity (Wildman–Crippen MR) is 141 cm³/mol. The third kappa shape index (κ3) is 4.25.